The lowest BCUT2D eigenvalue weighted by atomic mass is 9.87. The summed E-state index contributed by atoms with van der Waals surface area (Å²) in [6.45, 7) is 3.19. The van der Waals surface area contributed by atoms with Crippen LogP contribution in [0.15, 0.2) is 6.08 Å². The van der Waals surface area contributed by atoms with E-state index in [-0.39, 0.29) is 34.0 Å². The first kappa shape index (κ1) is 19.9. The number of carbonyl (C=O) groups is 2. The average molecular weight is 406 g/mol. The molecule has 0 saturated heterocycles. The lowest BCUT2D eigenvalue weighted by Gasteiger charge is -2.24. The van der Waals surface area contributed by atoms with Gasteiger partial charge in [0.2, 0.25) is 0 Å². The molecule has 2 amide bonds. The Kier molecular flexibility index (Phi) is 5.43. The van der Waals surface area contributed by atoms with E-state index in [0.717, 1.165) is 0 Å². The molecule has 8 heteroatoms. The first-order valence-corrected chi connectivity index (χ1v) is 9.05. The third kappa shape index (κ3) is 3.36. The van der Waals surface area contributed by atoms with Gasteiger partial charge >= 0.3 is 0 Å². The topological polar surface area (TPSA) is 88.0 Å². The molecule has 0 fully saturated rings. The molecule has 3 rings (SSSR count). The summed E-state index contributed by atoms with van der Waals surface area (Å²) in [6, 6.07) is -0.277. The van der Waals surface area contributed by atoms with Crippen LogP contribution in [0.5, 0.6) is 0 Å². The highest BCUT2D eigenvalue weighted by molar-refractivity contribution is 6.37. The summed E-state index contributed by atoms with van der Waals surface area (Å²) in [5.41, 5.74) is 5.70. The van der Waals surface area contributed by atoms with E-state index in [1.807, 2.05) is 0 Å². The molecule has 28 heavy (non-hydrogen) atoms. The van der Waals surface area contributed by atoms with E-state index >= 15 is 4.39 Å². The second kappa shape index (κ2) is 7.64. The highest BCUT2D eigenvalue weighted by Gasteiger charge is 2.30. The van der Waals surface area contributed by atoms with Gasteiger partial charge in [-0.05, 0) is 44.6 Å². The summed E-state index contributed by atoms with van der Waals surface area (Å²) in [6.07, 6.45) is 3.27. The monoisotopic (exact) mass is 405 g/mol. The van der Waals surface area contributed by atoms with Crippen LogP contribution >= 0.6 is 11.6 Å². The average Bonchev–Trinajstić information content (AvgIpc) is 2.91. The molecule has 0 aliphatic heterocycles. The van der Waals surface area contributed by atoms with Gasteiger partial charge in [-0.25, -0.2) is 8.78 Å². The summed E-state index contributed by atoms with van der Waals surface area (Å²) < 4.78 is 29.7. The van der Waals surface area contributed by atoms with Crippen LogP contribution in [0, 0.1) is 30.4 Å². The lowest BCUT2D eigenvalue weighted by molar-refractivity contribution is -0.116. The Morgan fingerprint density at radius 1 is 1.36 bits per heavy atom. The summed E-state index contributed by atoms with van der Waals surface area (Å²) in [5, 5.41) is 3.16. The number of benzene rings is 1. The number of amides is 2. The number of nitrogens with two attached hydrogens (primary N) is 1. The first-order valence-electron chi connectivity index (χ1n) is 8.67. The summed E-state index contributed by atoms with van der Waals surface area (Å²) in [7, 11) is 0. The lowest BCUT2D eigenvalue weighted by Crippen LogP contribution is -2.35. The van der Waals surface area contributed by atoms with Gasteiger partial charge in [-0.2, -0.15) is 0 Å². The van der Waals surface area contributed by atoms with E-state index in [9.17, 15) is 14.0 Å². The van der Waals surface area contributed by atoms with Gasteiger partial charge in [0.25, 0.3) is 11.8 Å². The van der Waals surface area contributed by atoms with E-state index in [0.29, 0.717) is 24.1 Å². The van der Waals surface area contributed by atoms with Crippen molar-refractivity contribution in [1.82, 2.24) is 10.3 Å². The van der Waals surface area contributed by atoms with E-state index in [2.05, 4.69) is 22.1 Å². The van der Waals surface area contributed by atoms with Crippen LogP contribution in [0.3, 0.4) is 0 Å². The number of halogens is 3. The SMILES string of the molecule is CC#CC(=O)N[C@H]1CCC=C(c2c(F)c(F)c(C(N)=O)c3[nH]c(C)c(Cl)c23)C1. The van der Waals surface area contributed by atoms with Crippen LogP contribution in [-0.2, 0) is 4.79 Å². The maximum atomic E-state index is 15.0. The zero-order chi connectivity index (χ0) is 20.6. The predicted octanol–water partition coefficient (Wildman–Crippen LogP) is 3.58. The van der Waals surface area contributed by atoms with Gasteiger partial charge in [0.05, 0.1) is 10.5 Å². The number of fused-ring (bicyclic) bond motifs is 1. The summed E-state index contributed by atoms with van der Waals surface area (Å²) in [5.74, 6) is 0.890. The Bertz CT molecular complexity index is 1090. The normalized spacial score (nSPS) is 16.3. The van der Waals surface area contributed by atoms with Crippen molar-refractivity contribution in [2.75, 3.05) is 0 Å². The molecule has 1 atom stereocenters. The molecule has 2 aromatic rings. The molecular formula is C20H18ClF2N3O2. The highest BCUT2D eigenvalue weighted by atomic mass is 35.5. The molecule has 1 heterocycles. The van der Waals surface area contributed by atoms with Gasteiger partial charge in [0, 0.05) is 22.7 Å². The summed E-state index contributed by atoms with van der Waals surface area (Å²) >= 11 is 6.34. The van der Waals surface area contributed by atoms with E-state index in [4.69, 9.17) is 17.3 Å². The number of aromatic nitrogens is 1. The van der Waals surface area contributed by atoms with Crippen molar-refractivity contribution in [3.63, 3.8) is 0 Å². The number of hydrogen-bond acceptors (Lipinski definition) is 2. The minimum absolute atomic E-state index is 0.0209. The van der Waals surface area contributed by atoms with E-state index in [1.165, 1.54) is 0 Å². The molecule has 1 aromatic carbocycles. The second-order valence-electron chi connectivity index (χ2n) is 6.61. The fourth-order valence-corrected chi connectivity index (χ4v) is 3.80. The number of nitrogens with one attached hydrogen (secondary N) is 2. The molecule has 1 aliphatic rings. The van der Waals surface area contributed by atoms with Gasteiger partial charge in [-0.3, -0.25) is 9.59 Å². The largest absolute Gasteiger partial charge is 0.365 e. The number of hydrogen-bond donors (Lipinski definition) is 3. The third-order valence-electron chi connectivity index (χ3n) is 4.76. The Labute approximate surface area is 165 Å². The van der Waals surface area contributed by atoms with Crippen LogP contribution in [0.2, 0.25) is 5.02 Å². The quantitative estimate of drug-likeness (QED) is 0.681. The smallest absolute Gasteiger partial charge is 0.296 e. The fraction of sp³-hybridized carbons (Fsp3) is 0.300. The maximum absolute atomic E-state index is 15.0. The third-order valence-corrected chi connectivity index (χ3v) is 5.23. The molecule has 1 aliphatic carbocycles. The first-order chi connectivity index (χ1) is 13.3. The fourth-order valence-electron chi connectivity index (χ4n) is 3.57. The Morgan fingerprint density at radius 2 is 2.07 bits per heavy atom. The van der Waals surface area contributed by atoms with Crippen molar-refractivity contribution in [1.29, 1.82) is 0 Å². The molecule has 146 valence electrons. The molecule has 0 saturated carbocycles. The molecule has 5 nitrogen and oxygen atoms in total. The van der Waals surface area contributed by atoms with Gasteiger partial charge < -0.3 is 16.0 Å². The number of rotatable bonds is 3. The van der Waals surface area contributed by atoms with E-state index < -0.39 is 29.0 Å². The molecule has 1 aromatic heterocycles. The van der Waals surface area contributed by atoms with Gasteiger partial charge in [0.1, 0.15) is 5.56 Å². The number of carbonyl (C=O) groups excluding carboxylic acids is 2. The standard InChI is InChI=1S/C20H18ClF2N3O2/c1-3-5-12(27)26-11-7-4-6-10(8-11)13-14-16(21)9(2)25-19(14)15(20(24)28)18(23)17(13)22/h6,11,25H,4,7-8H2,1-2H3,(H2,24,28)(H,26,27)/t11-/m0/s1. The maximum Gasteiger partial charge on any atom is 0.296 e. The van der Waals surface area contributed by atoms with Crippen LogP contribution in [0.25, 0.3) is 16.5 Å². The molecule has 0 bridgehead atoms. The van der Waals surface area contributed by atoms with Crippen molar-refractivity contribution in [3.05, 3.63) is 39.6 Å². The van der Waals surface area contributed by atoms with Crippen LogP contribution < -0.4 is 11.1 Å². The number of aromatic amines is 1. The minimum atomic E-state index is -1.32. The van der Waals surface area contributed by atoms with Gasteiger partial charge in [-0.15, -0.1) is 0 Å². The van der Waals surface area contributed by atoms with Crippen molar-refractivity contribution in [2.24, 2.45) is 5.73 Å². The number of H-pyrrole nitrogens is 1. The molecule has 0 radical (unpaired) electrons. The molecule has 0 unspecified atom stereocenters. The Balaban J connectivity index is 2.15. The molecule has 0 spiro atoms. The predicted molar refractivity (Wildman–Crippen MR) is 104 cm³/mol. The zero-order valence-electron chi connectivity index (χ0n) is 15.3. The van der Waals surface area contributed by atoms with Crippen molar-refractivity contribution in [3.8, 4) is 11.8 Å². The van der Waals surface area contributed by atoms with Gasteiger partial charge in [0.15, 0.2) is 11.6 Å². The van der Waals surface area contributed by atoms with Gasteiger partial charge in [-0.1, -0.05) is 23.6 Å². The zero-order valence-corrected chi connectivity index (χ0v) is 16.1. The van der Waals surface area contributed by atoms with Crippen molar-refractivity contribution < 1.29 is 18.4 Å². The molecular weight excluding hydrogens is 388 g/mol. The number of aryl methyl sites for hydroxylation is 1. The molecule has 4 N–H and O–H groups in total. The number of allylic oxidation sites excluding steroid dienone is 1. The van der Waals surface area contributed by atoms with Crippen LogP contribution in [-0.4, -0.2) is 22.8 Å². The van der Waals surface area contributed by atoms with E-state index in [1.54, 1.807) is 19.9 Å². The summed E-state index contributed by atoms with van der Waals surface area (Å²) in [4.78, 5) is 26.3. The van der Waals surface area contributed by atoms with Crippen LogP contribution in [0.1, 0.15) is 47.8 Å². The Hall–Kier alpha value is -2.85. The van der Waals surface area contributed by atoms with Crippen molar-refractivity contribution >= 4 is 39.9 Å². The van der Waals surface area contributed by atoms with Crippen LogP contribution in [0.4, 0.5) is 8.78 Å². The Morgan fingerprint density at radius 3 is 2.71 bits per heavy atom. The highest BCUT2D eigenvalue weighted by Crippen LogP contribution is 2.41. The van der Waals surface area contributed by atoms with Crippen molar-refractivity contribution in [2.45, 2.75) is 39.2 Å². The number of primary amides is 1. The second-order valence-corrected chi connectivity index (χ2v) is 6.99. The minimum Gasteiger partial charge on any atom is -0.365 e.